The van der Waals surface area contributed by atoms with Crippen molar-refractivity contribution in [2.24, 2.45) is 0 Å². The van der Waals surface area contributed by atoms with Gasteiger partial charge in [-0.1, -0.05) is 48.5 Å². The van der Waals surface area contributed by atoms with Crippen molar-refractivity contribution >= 4 is 16.4 Å². The van der Waals surface area contributed by atoms with Crippen molar-refractivity contribution in [3.05, 3.63) is 82.8 Å². The topological polar surface area (TPSA) is 34.4 Å². The van der Waals surface area contributed by atoms with E-state index in [9.17, 15) is 4.79 Å². The Kier molecular flexibility index (Phi) is 2.79. The Morgan fingerprint density at radius 1 is 0.909 bits per heavy atom. The number of nitrogens with zero attached hydrogens (tertiary/aromatic N) is 2. The van der Waals surface area contributed by atoms with Crippen molar-refractivity contribution in [2.75, 3.05) is 0 Å². The minimum absolute atomic E-state index is 0.0500. The maximum Gasteiger partial charge on any atom is 0.258 e. The van der Waals surface area contributed by atoms with E-state index in [1.54, 1.807) is 10.5 Å². The lowest BCUT2D eigenvalue weighted by Gasteiger charge is -2.09. The number of benzene rings is 2. The maximum atomic E-state index is 12.5. The van der Waals surface area contributed by atoms with Crippen molar-refractivity contribution in [2.45, 2.75) is 6.92 Å². The Morgan fingerprint density at radius 2 is 1.68 bits per heavy atom. The average Bonchev–Trinajstić information content (AvgIpc) is 2.54. The van der Waals surface area contributed by atoms with Crippen LogP contribution >= 0.6 is 0 Å². The standard InChI is InChI=1S/C19H14N2O/c1-13-6-4-11-18-20-17(12-19(22)21(13)18)16-10-5-8-14-7-2-3-9-15(14)16/h2-12H,1H3. The van der Waals surface area contributed by atoms with Gasteiger partial charge in [-0.05, 0) is 29.8 Å². The second-order valence-electron chi connectivity index (χ2n) is 5.37. The molecule has 3 heteroatoms. The van der Waals surface area contributed by atoms with Gasteiger partial charge in [0.1, 0.15) is 5.65 Å². The molecule has 0 unspecified atom stereocenters. The number of aromatic nitrogens is 2. The third kappa shape index (κ3) is 1.91. The van der Waals surface area contributed by atoms with Crippen LogP contribution in [0.5, 0.6) is 0 Å². The highest BCUT2D eigenvalue weighted by Crippen LogP contribution is 2.26. The van der Waals surface area contributed by atoms with E-state index in [1.165, 1.54) is 0 Å². The van der Waals surface area contributed by atoms with Crippen LogP contribution in [0.1, 0.15) is 5.69 Å². The van der Waals surface area contributed by atoms with Crippen LogP contribution in [0.4, 0.5) is 0 Å². The van der Waals surface area contributed by atoms with Crippen molar-refractivity contribution in [3.8, 4) is 11.3 Å². The predicted octanol–water partition coefficient (Wildman–Crippen LogP) is 3.82. The molecule has 4 aromatic rings. The molecule has 0 radical (unpaired) electrons. The lowest BCUT2D eigenvalue weighted by atomic mass is 10.0. The Labute approximate surface area is 127 Å². The molecule has 2 aromatic carbocycles. The summed E-state index contributed by atoms with van der Waals surface area (Å²) in [6.07, 6.45) is 0. The highest BCUT2D eigenvalue weighted by molar-refractivity contribution is 5.95. The third-order valence-electron chi connectivity index (χ3n) is 3.95. The summed E-state index contributed by atoms with van der Waals surface area (Å²) in [5.74, 6) is 0. The zero-order valence-electron chi connectivity index (χ0n) is 12.2. The van der Waals surface area contributed by atoms with Gasteiger partial charge in [0.15, 0.2) is 0 Å². The monoisotopic (exact) mass is 286 g/mol. The molecular formula is C19H14N2O. The van der Waals surface area contributed by atoms with Crippen LogP contribution in [-0.2, 0) is 0 Å². The summed E-state index contributed by atoms with van der Waals surface area (Å²) in [7, 11) is 0. The van der Waals surface area contributed by atoms with Crippen molar-refractivity contribution in [1.82, 2.24) is 9.38 Å². The molecule has 2 heterocycles. The normalized spacial score (nSPS) is 11.1. The van der Waals surface area contributed by atoms with E-state index in [4.69, 9.17) is 0 Å². The molecule has 106 valence electrons. The van der Waals surface area contributed by atoms with E-state index in [-0.39, 0.29) is 5.56 Å². The highest BCUT2D eigenvalue weighted by Gasteiger charge is 2.08. The number of hydrogen-bond acceptors (Lipinski definition) is 2. The van der Waals surface area contributed by atoms with E-state index < -0.39 is 0 Å². The highest BCUT2D eigenvalue weighted by atomic mass is 16.1. The fourth-order valence-electron chi connectivity index (χ4n) is 2.90. The summed E-state index contributed by atoms with van der Waals surface area (Å²) in [4.78, 5) is 17.1. The smallest absolute Gasteiger partial charge is 0.258 e. The van der Waals surface area contributed by atoms with Gasteiger partial charge in [0.2, 0.25) is 0 Å². The molecule has 0 amide bonds. The van der Waals surface area contributed by atoms with Gasteiger partial charge in [0.25, 0.3) is 5.56 Å². The zero-order chi connectivity index (χ0) is 15.1. The first-order valence-corrected chi connectivity index (χ1v) is 7.21. The molecule has 0 bridgehead atoms. The molecule has 0 saturated heterocycles. The third-order valence-corrected chi connectivity index (χ3v) is 3.95. The minimum atomic E-state index is -0.0500. The summed E-state index contributed by atoms with van der Waals surface area (Å²) in [5.41, 5.74) is 3.22. The molecule has 0 aliphatic carbocycles. The first-order valence-electron chi connectivity index (χ1n) is 7.21. The molecule has 3 nitrogen and oxygen atoms in total. The largest absolute Gasteiger partial charge is 0.269 e. The van der Waals surface area contributed by atoms with Crippen molar-refractivity contribution in [1.29, 1.82) is 0 Å². The molecule has 0 spiro atoms. The van der Waals surface area contributed by atoms with E-state index in [1.807, 2.05) is 49.4 Å². The second-order valence-corrected chi connectivity index (χ2v) is 5.37. The number of fused-ring (bicyclic) bond motifs is 2. The van der Waals surface area contributed by atoms with Crippen LogP contribution in [0.3, 0.4) is 0 Å². The van der Waals surface area contributed by atoms with Gasteiger partial charge < -0.3 is 0 Å². The van der Waals surface area contributed by atoms with Gasteiger partial charge in [-0.25, -0.2) is 4.98 Å². The molecule has 0 N–H and O–H groups in total. The number of pyridine rings is 1. The van der Waals surface area contributed by atoms with Crippen LogP contribution in [0.25, 0.3) is 27.7 Å². The fourth-order valence-corrected chi connectivity index (χ4v) is 2.90. The summed E-state index contributed by atoms with van der Waals surface area (Å²) in [6, 6.07) is 21.5. The lowest BCUT2D eigenvalue weighted by Crippen LogP contribution is -2.16. The molecule has 0 atom stereocenters. The SMILES string of the molecule is Cc1cccc2nc(-c3cccc4ccccc34)cc(=O)n12. The number of aryl methyl sites for hydroxylation is 1. The molecule has 0 saturated carbocycles. The van der Waals surface area contributed by atoms with Crippen LogP contribution in [0.15, 0.2) is 71.5 Å². The van der Waals surface area contributed by atoms with Crippen LogP contribution in [-0.4, -0.2) is 9.38 Å². The Balaban J connectivity index is 2.08. The summed E-state index contributed by atoms with van der Waals surface area (Å²) < 4.78 is 1.63. The number of hydrogen-bond donors (Lipinski definition) is 0. The molecule has 0 aliphatic rings. The van der Waals surface area contributed by atoms with Crippen molar-refractivity contribution < 1.29 is 0 Å². The molecular weight excluding hydrogens is 272 g/mol. The van der Waals surface area contributed by atoms with Gasteiger partial charge in [-0.15, -0.1) is 0 Å². The van der Waals surface area contributed by atoms with Gasteiger partial charge >= 0.3 is 0 Å². The quantitative estimate of drug-likeness (QED) is 0.533. The van der Waals surface area contributed by atoms with Gasteiger partial charge in [-0.2, -0.15) is 0 Å². The van der Waals surface area contributed by atoms with Crippen LogP contribution < -0.4 is 5.56 Å². The van der Waals surface area contributed by atoms with Gasteiger partial charge in [0, 0.05) is 17.3 Å². The molecule has 0 aliphatic heterocycles. The maximum absolute atomic E-state index is 12.5. The first kappa shape index (κ1) is 12.8. The molecule has 2 aromatic heterocycles. The summed E-state index contributed by atoms with van der Waals surface area (Å²) >= 11 is 0. The van der Waals surface area contributed by atoms with E-state index in [0.29, 0.717) is 11.3 Å². The number of rotatable bonds is 1. The Morgan fingerprint density at radius 3 is 2.59 bits per heavy atom. The van der Waals surface area contributed by atoms with Crippen LogP contribution in [0.2, 0.25) is 0 Å². The zero-order valence-corrected chi connectivity index (χ0v) is 12.2. The molecule has 0 fully saturated rings. The minimum Gasteiger partial charge on any atom is -0.269 e. The van der Waals surface area contributed by atoms with E-state index in [0.717, 1.165) is 22.0 Å². The molecule has 22 heavy (non-hydrogen) atoms. The lowest BCUT2D eigenvalue weighted by molar-refractivity contribution is 0.993. The molecule has 4 rings (SSSR count). The van der Waals surface area contributed by atoms with Gasteiger partial charge in [-0.3, -0.25) is 9.20 Å². The Hall–Kier alpha value is -2.94. The van der Waals surface area contributed by atoms with Crippen molar-refractivity contribution in [3.63, 3.8) is 0 Å². The summed E-state index contributed by atoms with van der Waals surface area (Å²) in [6.45, 7) is 1.91. The summed E-state index contributed by atoms with van der Waals surface area (Å²) in [5, 5.41) is 2.25. The average molecular weight is 286 g/mol. The fraction of sp³-hybridized carbons (Fsp3) is 0.0526. The van der Waals surface area contributed by atoms with E-state index >= 15 is 0 Å². The van der Waals surface area contributed by atoms with Crippen LogP contribution in [0, 0.1) is 6.92 Å². The van der Waals surface area contributed by atoms with Gasteiger partial charge in [0.05, 0.1) is 5.69 Å². The first-order chi connectivity index (χ1) is 10.7. The Bertz CT molecular complexity index is 1060. The second kappa shape index (κ2) is 4.81. The van der Waals surface area contributed by atoms with E-state index in [2.05, 4.69) is 23.2 Å². The predicted molar refractivity (Wildman–Crippen MR) is 89.1 cm³/mol.